The number of carbonyl (C=O) groups is 2. The number of fused-ring (bicyclic) bond motifs is 1. The average Bonchev–Trinajstić information content (AvgIpc) is 2.66. The summed E-state index contributed by atoms with van der Waals surface area (Å²) in [5, 5.41) is 9.97. The molecule has 2 aromatic carbocycles. The fourth-order valence-corrected chi connectivity index (χ4v) is 4.22. The van der Waals surface area contributed by atoms with Gasteiger partial charge in [0.25, 0.3) is 0 Å². The van der Waals surface area contributed by atoms with E-state index in [0.717, 1.165) is 0 Å². The van der Waals surface area contributed by atoms with Gasteiger partial charge in [-0.15, -0.1) is 11.8 Å². The minimum atomic E-state index is -1.13. The fourth-order valence-electron chi connectivity index (χ4n) is 2.84. The fraction of sp³-hybridized carbons (Fsp3) is 0.263. The van der Waals surface area contributed by atoms with Gasteiger partial charge in [0, 0.05) is 15.5 Å². The molecule has 1 aliphatic heterocycles. The first-order valence-corrected chi connectivity index (χ1v) is 9.27. The normalized spacial score (nSPS) is 19.0. The molecule has 8 heteroatoms. The number of benzene rings is 2. The first-order chi connectivity index (χ1) is 12.8. The van der Waals surface area contributed by atoms with Crippen LogP contribution >= 0.6 is 23.4 Å². The first-order valence-electron chi connectivity index (χ1n) is 8.08. The van der Waals surface area contributed by atoms with Crippen LogP contribution in [0.2, 0.25) is 5.02 Å². The molecule has 0 spiro atoms. The van der Waals surface area contributed by atoms with E-state index in [1.807, 2.05) is 0 Å². The lowest BCUT2D eigenvalue weighted by Gasteiger charge is -2.39. The Hall–Kier alpha value is -2.09. The Kier molecular flexibility index (Phi) is 5.46. The Morgan fingerprint density at radius 3 is 2.74 bits per heavy atom. The van der Waals surface area contributed by atoms with Gasteiger partial charge < -0.3 is 14.7 Å². The van der Waals surface area contributed by atoms with E-state index < -0.39 is 29.0 Å². The Balaban J connectivity index is 2.13. The van der Waals surface area contributed by atoms with E-state index in [2.05, 4.69) is 0 Å². The molecule has 0 radical (unpaired) electrons. The van der Waals surface area contributed by atoms with Gasteiger partial charge in [-0.3, -0.25) is 4.79 Å². The molecule has 1 amide bonds. The van der Waals surface area contributed by atoms with Gasteiger partial charge in [0.15, 0.2) is 0 Å². The van der Waals surface area contributed by atoms with Crippen LogP contribution in [0.1, 0.15) is 22.8 Å². The Morgan fingerprint density at radius 2 is 2.11 bits per heavy atom. The smallest absolute Gasteiger partial charge is 0.337 e. The maximum Gasteiger partial charge on any atom is 0.337 e. The Morgan fingerprint density at radius 1 is 1.37 bits per heavy atom. The number of thioether (sulfide) groups is 1. The molecular weight excluding hydrogens is 393 g/mol. The molecule has 0 fully saturated rings. The van der Waals surface area contributed by atoms with Crippen molar-refractivity contribution in [3.8, 4) is 0 Å². The van der Waals surface area contributed by atoms with Gasteiger partial charge in [-0.05, 0) is 37.3 Å². The molecular formula is C19H17ClFNO4S. The number of hydrogen-bond acceptors (Lipinski definition) is 5. The second kappa shape index (κ2) is 7.50. The lowest BCUT2D eigenvalue weighted by Crippen LogP contribution is -2.50. The Labute approximate surface area is 165 Å². The van der Waals surface area contributed by atoms with Gasteiger partial charge in [-0.25, -0.2) is 9.18 Å². The number of nitrogens with zero attached hydrogens (tertiary/aromatic N) is 1. The van der Waals surface area contributed by atoms with Gasteiger partial charge in [-0.2, -0.15) is 0 Å². The number of rotatable bonds is 4. The summed E-state index contributed by atoms with van der Waals surface area (Å²) in [5.41, 5.74) is 0.870. The largest absolute Gasteiger partial charge is 0.465 e. The molecule has 1 atom stereocenters. The molecule has 0 bridgehead atoms. The van der Waals surface area contributed by atoms with Crippen LogP contribution in [0, 0.1) is 5.82 Å². The van der Waals surface area contributed by atoms with E-state index >= 15 is 0 Å². The maximum atomic E-state index is 14.3. The number of amides is 1. The van der Waals surface area contributed by atoms with Crippen molar-refractivity contribution in [3.05, 3.63) is 58.4 Å². The number of esters is 1. The van der Waals surface area contributed by atoms with Crippen molar-refractivity contribution >= 4 is 40.9 Å². The minimum Gasteiger partial charge on any atom is -0.465 e. The summed E-state index contributed by atoms with van der Waals surface area (Å²) in [6, 6.07) is 9.08. The summed E-state index contributed by atoms with van der Waals surface area (Å²) in [4.78, 5) is 27.0. The quantitative estimate of drug-likeness (QED) is 0.781. The number of aliphatic hydroxyl groups is 1. The van der Waals surface area contributed by atoms with Crippen molar-refractivity contribution in [2.24, 2.45) is 0 Å². The van der Waals surface area contributed by atoms with Crippen LogP contribution in [-0.4, -0.2) is 35.4 Å². The highest BCUT2D eigenvalue weighted by Crippen LogP contribution is 2.46. The van der Waals surface area contributed by atoms with Crippen LogP contribution in [0.5, 0.6) is 0 Å². The predicted octanol–water partition coefficient (Wildman–Crippen LogP) is 3.66. The monoisotopic (exact) mass is 409 g/mol. The number of hydrogen-bond donors (Lipinski definition) is 1. The number of carbonyl (C=O) groups excluding carboxylic acids is 2. The lowest BCUT2D eigenvalue weighted by atomic mass is 10.1. The van der Waals surface area contributed by atoms with Crippen LogP contribution in [0.3, 0.4) is 0 Å². The summed E-state index contributed by atoms with van der Waals surface area (Å²) >= 11 is 7.32. The van der Waals surface area contributed by atoms with Crippen molar-refractivity contribution in [2.75, 3.05) is 18.6 Å². The highest BCUT2D eigenvalue weighted by Gasteiger charge is 2.43. The summed E-state index contributed by atoms with van der Waals surface area (Å²) in [5.74, 6) is -1.48. The van der Waals surface area contributed by atoms with Gasteiger partial charge in [0.1, 0.15) is 10.6 Å². The second-order valence-electron chi connectivity index (χ2n) is 6.26. The van der Waals surface area contributed by atoms with Crippen molar-refractivity contribution in [1.29, 1.82) is 0 Å². The van der Waals surface area contributed by atoms with Gasteiger partial charge in [0.05, 0.1) is 31.5 Å². The average molecular weight is 410 g/mol. The molecule has 2 aromatic rings. The summed E-state index contributed by atoms with van der Waals surface area (Å²) < 4.78 is 17.9. The van der Waals surface area contributed by atoms with Crippen molar-refractivity contribution in [2.45, 2.75) is 23.1 Å². The molecule has 1 unspecified atom stereocenters. The molecule has 1 heterocycles. The molecule has 142 valence electrons. The zero-order valence-electron chi connectivity index (χ0n) is 14.7. The third kappa shape index (κ3) is 3.54. The topological polar surface area (TPSA) is 66.8 Å². The number of anilines is 1. The highest BCUT2D eigenvalue weighted by atomic mass is 35.5. The van der Waals surface area contributed by atoms with Crippen LogP contribution in [0.25, 0.3) is 0 Å². The van der Waals surface area contributed by atoms with Crippen LogP contribution < -0.4 is 4.90 Å². The van der Waals surface area contributed by atoms with Gasteiger partial charge in [0.2, 0.25) is 5.91 Å². The Bertz CT molecular complexity index is 902. The zero-order valence-corrected chi connectivity index (χ0v) is 16.2. The van der Waals surface area contributed by atoms with E-state index in [4.69, 9.17) is 16.3 Å². The number of methoxy groups -OCH3 is 1. The summed E-state index contributed by atoms with van der Waals surface area (Å²) in [6.07, 6.45) is 0. The maximum absolute atomic E-state index is 14.3. The van der Waals surface area contributed by atoms with E-state index in [1.165, 1.54) is 42.0 Å². The van der Waals surface area contributed by atoms with Crippen molar-refractivity contribution in [1.82, 2.24) is 0 Å². The molecule has 1 aliphatic rings. The minimum absolute atomic E-state index is 0.127. The molecule has 5 nitrogen and oxygen atoms in total. The first kappa shape index (κ1) is 19.7. The van der Waals surface area contributed by atoms with E-state index in [1.54, 1.807) is 25.1 Å². The molecule has 0 saturated carbocycles. The second-order valence-corrected chi connectivity index (χ2v) is 8.21. The van der Waals surface area contributed by atoms with Crippen LogP contribution in [0.15, 0.2) is 41.3 Å². The summed E-state index contributed by atoms with van der Waals surface area (Å²) in [6.45, 7) is 1.10. The highest BCUT2D eigenvalue weighted by molar-refractivity contribution is 8.01. The molecule has 0 saturated heterocycles. The third-order valence-corrected chi connectivity index (χ3v) is 6.06. The van der Waals surface area contributed by atoms with E-state index in [0.29, 0.717) is 10.6 Å². The van der Waals surface area contributed by atoms with E-state index in [-0.39, 0.29) is 22.7 Å². The van der Waals surface area contributed by atoms with Crippen LogP contribution in [-0.2, 0) is 16.1 Å². The van der Waals surface area contributed by atoms with Gasteiger partial charge >= 0.3 is 5.97 Å². The van der Waals surface area contributed by atoms with E-state index in [9.17, 15) is 19.1 Å². The molecule has 0 aromatic heterocycles. The number of ether oxygens (including phenoxy) is 1. The number of aliphatic hydroxyl groups excluding tert-OH is 1. The zero-order chi connectivity index (χ0) is 19.8. The molecule has 0 aliphatic carbocycles. The molecule has 3 rings (SSSR count). The standard InChI is InChI=1S/C19H17ClFNO4S/c1-19(10-23)18(25)22(9-12-13(20)4-3-5-14(12)21)15-8-11(17(24)26-2)6-7-16(15)27-19/h3-8,23H,9-10H2,1-2H3. The molecule has 1 N–H and O–H groups in total. The lowest BCUT2D eigenvalue weighted by molar-refractivity contribution is -0.121. The summed E-state index contributed by atoms with van der Waals surface area (Å²) in [7, 11) is 1.27. The molecule has 27 heavy (non-hydrogen) atoms. The SMILES string of the molecule is COC(=O)c1ccc2c(c1)N(Cc1c(F)cccc1Cl)C(=O)C(C)(CO)S2. The van der Waals surface area contributed by atoms with Gasteiger partial charge in [-0.1, -0.05) is 17.7 Å². The number of halogens is 2. The van der Waals surface area contributed by atoms with Crippen LogP contribution in [0.4, 0.5) is 10.1 Å². The van der Waals surface area contributed by atoms with Crippen molar-refractivity contribution in [3.63, 3.8) is 0 Å². The predicted molar refractivity (Wildman–Crippen MR) is 102 cm³/mol. The van der Waals surface area contributed by atoms with Crippen molar-refractivity contribution < 1.29 is 23.8 Å². The third-order valence-electron chi connectivity index (χ3n) is 4.38.